The zero-order valence-corrected chi connectivity index (χ0v) is 10.6. The van der Waals surface area contributed by atoms with Gasteiger partial charge in [0.1, 0.15) is 0 Å². The highest BCUT2D eigenvalue weighted by Crippen LogP contribution is 2.13. The summed E-state index contributed by atoms with van der Waals surface area (Å²) in [5.41, 5.74) is 0. The Morgan fingerprint density at radius 3 is 3.12 bits per heavy atom. The van der Waals surface area contributed by atoms with Gasteiger partial charge in [-0.3, -0.25) is 4.90 Å². The maximum absolute atomic E-state index is 5.71. The monoisotopic (exact) mass is 226 g/mol. The molecule has 3 nitrogen and oxygen atoms in total. The van der Waals surface area contributed by atoms with E-state index in [1.807, 2.05) is 0 Å². The van der Waals surface area contributed by atoms with Crippen molar-refractivity contribution in [2.45, 2.75) is 51.2 Å². The quantitative estimate of drug-likeness (QED) is 0.791. The normalized spacial score (nSPS) is 33.6. The van der Waals surface area contributed by atoms with Crippen LogP contribution in [0.3, 0.4) is 0 Å². The molecule has 0 aromatic heterocycles. The summed E-state index contributed by atoms with van der Waals surface area (Å²) in [4.78, 5) is 2.58. The van der Waals surface area contributed by atoms with Gasteiger partial charge in [-0.2, -0.15) is 0 Å². The summed E-state index contributed by atoms with van der Waals surface area (Å²) in [5, 5.41) is 3.68. The first-order chi connectivity index (χ1) is 7.88. The molecule has 2 aliphatic rings. The lowest BCUT2D eigenvalue weighted by atomic mass is 10.1. The SMILES string of the molecule is CCC1CN(CC2CCCCCN2)CCO1. The molecule has 0 spiro atoms. The van der Waals surface area contributed by atoms with Crippen LogP contribution in [-0.4, -0.2) is 49.8 Å². The minimum absolute atomic E-state index is 0.472. The molecule has 0 amide bonds. The van der Waals surface area contributed by atoms with E-state index in [1.54, 1.807) is 0 Å². The van der Waals surface area contributed by atoms with Crippen molar-refractivity contribution in [1.82, 2.24) is 10.2 Å². The van der Waals surface area contributed by atoms with Crippen molar-refractivity contribution >= 4 is 0 Å². The van der Waals surface area contributed by atoms with E-state index in [1.165, 1.54) is 38.8 Å². The highest BCUT2D eigenvalue weighted by atomic mass is 16.5. The van der Waals surface area contributed by atoms with Crippen LogP contribution >= 0.6 is 0 Å². The first-order valence-corrected chi connectivity index (χ1v) is 6.96. The number of nitrogens with zero attached hydrogens (tertiary/aromatic N) is 1. The van der Waals surface area contributed by atoms with E-state index in [0.29, 0.717) is 6.10 Å². The number of hydrogen-bond donors (Lipinski definition) is 1. The van der Waals surface area contributed by atoms with E-state index in [4.69, 9.17) is 4.74 Å². The van der Waals surface area contributed by atoms with Crippen molar-refractivity contribution in [3.05, 3.63) is 0 Å². The van der Waals surface area contributed by atoms with Crippen molar-refractivity contribution in [2.24, 2.45) is 0 Å². The molecule has 0 radical (unpaired) electrons. The van der Waals surface area contributed by atoms with Gasteiger partial charge in [0, 0.05) is 25.7 Å². The van der Waals surface area contributed by atoms with Gasteiger partial charge in [0.25, 0.3) is 0 Å². The summed E-state index contributed by atoms with van der Waals surface area (Å²) in [6.07, 6.45) is 7.14. The Balaban J connectivity index is 1.74. The molecule has 0 aromatic carbocycles. The molecule has 3 heteroatoms. The Hall–Kier alpha value is -0.120. The summed E-state index contributed by atoms with van der Waals surface area (Å²) in [6, 6.07) is 0.720. The lowest BCUT2D eigenvalue weighted by Crippen LogP contribution is -2.48. The van der Waals surface area contributed by atoms with E-state index in [0.717, 1.165) is 32.2 Å². The van der Waals surface area contributed by atoms with Gasteiger partial charge in [0.05, 0.1) is 12.7 Å². The van der Waals surface area contributed by atoms with Gasteiger partial charge in [0.15, 0.2) is 0 Å². The van der Waals surface area contributed by atoms with E-state index in [9.17, 15) is 0 Å². The maximum atomic E-state index is 5.71. The molecule has 2 aliphatic heterocycles. The molecular weight excluding hydrogens is 200 g/mol. The lowest BCUT2D eigenvalue weighted by Gasteiger charge is -2.34. The Kier molecular flexibility index (Phi) is 5.07. The minimum atomic E-state index is 0.472. The van der Waals surface area contributed by atoms with Crippen LogP contribution in [0.25, 0.3) is 0 Å². The van der Waals surface area contributed by atoms with Gasteiger partial charge in [-0.1, -0.05) is 19.8 Å². The maximum Gasteiger partial charge on any atom is 0.0700 e. The van der Waals surface area contributed by atoms with E-state index in [-0.39, 0.29) is 0 Å². The van der Waals surface area contributed by atoms with E-state index in [2.05, 4.69) is 17.1 Å². The Morgan fingerprint density at radius 2 is 2.25 bits per heavy atom. The molecule has 0 aromatic rings. The Bertz CT molecular complexity index is 190. The van der Waals surface area contributed by atoms with Crippen LogP contribution in [0, 0.1) is 0 Å². The first kappa shape index (κ1) is 12.3. The fourth-order valence-corrected chi connectivity index (χ4v) is 2.76. The fraction of sp³-hybridized carbons (Fsp3) is 1.00. The molecule has 0 aliphatic carbocycles. The van der Waals surface area contributed by atoms with Gasteiger partial charge in [0.2, 0.25) is 0 Å². The third-order valence-corrected chi connectivity index (χ3v) is 3.82. The van der Waals surface area contributed by atoms with Gasteiger partial charge >= 0.3 is 0 Å². The van der Waals surface area contributed by atoms with Crippen LogP contribution in [0.2, 0.25) is 0 Å². The zero-order chi connectivity index (χ0) is 11.2. The second-order valence-electron chi connectivity index (χ2n) is 5.16. The average Bonchev–Trinajstić information content (AvgIpc) is 2.58. The lowest BCUT2D eigenvalue weighted by molar-refractivity contribution is -0.0322. The fourth-order valence-electron chi connectivity index (χ4n) is 2.76. The van der Waals surface area contributed by atoms with Gasteiger partial charge < -0.3 is 10.1 Å². The van der Waals surface area contributed by atoms with Crippen molar-refractivity contribution in [3.8, 4) is 0 Å². The van der Waals surface area contributed by atoms with Crippen molar-refractivity contribution in [2.75, 3.05) is 32.8 Å². The van der Waals surface area contributed by atoms with Crippen LogP contribution in [0.15, 0.2) is 0 Å². The predicted molar refractivity (Wildman–Crippen MR) is 66.7 cm³/mol. The third-order valence-electron chi connectivity index (χ3n) is 3.82. The summed E-state index contributed by atoms with van der Waals surface area (Å²) in [5.74, 6) is 0. The zero-order valence-electron chi connectivity index (χ0n) is 10.6. The second-order valence-corrected chi connectivity index (χ2v) is 5.16. The van der Waals surface area contributed by atoms with Crippen LogP contribution in [0.1, 0.15) is 39.0 Å². The summed E-state index contributed by atoms with van der Waals surface area (Å²) in [7, 11) is 0. The number of morpholine rings is 1. The molecule has 2 unspecified atom stereocenters. The van der Waals surface area contributed by atoms with Gasteiger partial charge in [-0.15, -0.1) is 0 Å². The molecule has 2 atom stereocenters. The molecule has 1 N–H and O–H groups in total. The number of hydrogen-bond acceptors (Lipinski definition) is 3. The molecule has 94 valence electrons. The Morgan fingerprint density at radius 1 is 1.31 bits per heavy atom. The van der Waals surface area contributed by atoms with Crippen molar-refractivity contribution in [1.29, 1.82) is 0 Å². The number of rotatable bonds is 3. The third kappa shape index (κ3) is 3.72. The summed E-state index contributed by atoms with van der Waals surface area (Å²) >= 11 is 0. The second kappa shape index (κ2) is 6.58. The largest absolute Gasteiger partial charge is 0.376 e. The highest BCUT2D eigenvalue weighted by Gasteiger charge is 2.22. The minimum Gasteiger partial charge on any atom is -0.376 e. The molecule has 0 saturated carbocycles. The van der Waals surface area contributed by atoms with Crippen LogP contribution in [0.4, 0.5) is 0 Å². The summed E-state index contributed by atoms with van der Waals surface area (Å²) in [6.45, 7) is 7.83. The average molecular weight is 226 g/mol. The van der Waals surface area contributed by atoms with Crippen LogP contribution < -0.4 is 5.32 Å². The van der Waals surface area contributed by atoms with Crippen LogP contribution in [0.5, 0.6) is 0 Å². The topological polar surface area (TPSA) is 24.5 Å². The molecule has 2 rings (SSSR count). The molecule has 2 saturated heterocycles. The van der Waals surface area contributed by atoms with Gasteiger partial charge in [-0.05, 0) is 25.8 Å². The number of ether oxygens (including phenoxy) is 1. The smallest absolute Gasteiger partial charge is 0.0700 e. The summed E-state index contributed by atoms with van der Waals surface area (Å²) < 4.78 is 5.71. The molecule has 2 heterocycles. The van der Waals surface area contributed by atoms with Gasteiger partial charge in [-0.25, -0.2) is 0 Å². The molecular formula is C13H26N2O. The van der Waals surface area contributed by atoms with Crippen molar-refractivity contribution in [3.63, 3.8) is 0 Å². The molecule has 16 heavy (non-hydrogen) atoms. The van der Waals surface area contributed by atoms with Crippen LogP contribution in [-0.2, 0) is 4.74 Å². The van der Waals surface area contributed by atoms with E-state index < -0.39 is 0 Å². The number of nitrogens with one attached hydrogen (secondary N) is 1. The predicted octanol–water partition coefficient (Wildman–Crippen LogP) is 1.63. The van der Waals surface area contributed by atoms with E-state index >= 15 is 0 Å². The molecule has 0 bridgehead atoms. The Labute approximate surface area is 99.5 Å². The first-order valence-electron chi connectivity index (χ1n) is 6.96. The van der Waals surface area contributed by atoms with Crippen molar-refractivity contribution < 1.29 is 4.74 Å². The highest BCUT2D eigenvalue weighted by molar-refractivity contribution is 4.78. The molecule has 2 fully saturated rings. The standard InChI is InChI=1S/C13H26N2O/c1-2-13-11-15(8-9-16-13)10-12-6-4-3-5-7-14-12/h12-14H,2-11H2,1H3.